The van der Waals surface area contributed by atoms with Crippen LogP contribution in [0, 0.1) is 0 Å². The number of aromatic nitrogens is 2. The Labute approximate surface area is 420 Å². The molecule has 0 unspecified atom stereocenters. The quantitative estimate of drug-likeness (QED) is 0.177. The van der Waals surface area contributed by atoms with Crippen LogP contribution >= 0.6 is 0 Å². The van der Waals surface area contributed by atoms with Gasteiger partial charge in [0.05, 0.1) is 5.69 Å². The molecule has 0 spiro atoms. The third-order valence-corrected chi connectivity index (χ3v) is 15.7. The molecule has 0 saturated heterocycles. The molecule has 0 radical (unpaired) electrons. The number of pyridine rings is 2. The van der Waals surface area contributed by atoms with E-state index in [1.807, 2.05) is 12.3 Å². The van der Waals surface area contributed by atoms with Crippen LogP contribution in [0.2, 0.25) is 0 Å². The zero-order chi connectivity index (χ0) is 48.2. The summed E-state index contributed by atoms with van der Waals surface area (Å²) in [5.41, 5.74) is 27.8. The van der Waals surface area contributed by atoms with E-state index in [4.69, 9.17) is 9.40 Å². The largest absolute Gasteiger partial charge is 0.437 e. The van der Waals surface area contributed by atoms with Gasteiger partial charge in [0.2, 0.25) is 5.71 Å². The Morgan fingerprint density at radius 1 is 0.333 bits per heavy atom. The van der Waals surface area contributed by atoms with Gasteiger partial charge in [0, 0.05) is 41.2 Å². The summed E-state index contributed by atoms with van der Waals surface area (Å²) >= 11 is 0. The van der Waals surface area contributed by atoms with Crippen molar-refractivity contribution in [2.75, 3.05) is 0 Å². The van der Waals surface area contributed by atoms with Gasteiger partial charge in [-0.15, -0.1) is 0 Å². The third kappa shape index (κ3) is 6.30. The molecule has 3 nitrogen and oxygen atoms in total. The van der Waals surface area contributed by atoms with E-state index in [0.717, 1.165) is 103 Å². The molecule has 3 heterocycles. The summed E-state index contributed by atoms with van der Waals surface area (Å²) in [6.07, 6.45) is 7.41. The highest BCUT2D eigenvalue weighted by molar-refractivity contribution is 6.10. The first-order valence-electron chi connectivity index (χ1n) is 25.8. The van der Waals surface area contributed by atoms with E-state index in [-0.39, 0.29) is 0 Å². The lowest BCUT2D eigenvalue weighted by molar-refractivity contribution is 0.655. The number of nitrogens with zero attached hydrogens (tertiary/aromatic N) is 2. The molecule has 0 N–H and O–H groups in total. The van der Waals surface area contributed by atoms with E-state index in [2.05, 4.69) is 211 Å². The number of fused-ring (bicyclic) bond motifs is 19. The molecule has 12 aromatic rings. The lowest BCUT2D eigenvalue weighted by Gasteiger charge is -2.26. The first-order valence-corrected chi connectivity index (χ1v) is 25.3. The van der Waals surface area contributed by atoms with Crippen LogP contribution < -0.4 is 0 Å². The second-order valence-electron chi connectivity index (χ2n) is 19.5. The van der Waals surface area contributed by atoms with Crippen molar-refractivity contribution >= 4 is 22.1 Å². The van der Waals surface area contributed by atoms with Crippen molar-refractivity contribution in [2.24, 2.45) is 0 Å². The fourth-order valence-electron chi connectivity index (χ4n) is 12.5. The van der Waals surface area contributed by atoms with Crippen LogP contribution in [-0.4, -0.2) is 9.97 Å². The Hall–Kier alpha value is -8.92. The molecule has 0 atom stereocenters. The molecule has 1 fully saturated rings. The van der Waals surface area contributed by atoms with Crippen molar-refractivity contribution in [3.05, 3.63) is 230 Å². The maximum atomic E-state index is 10.5. The Bertz CT molecular complexity index is 4240. The van der Waals surface area contributed by atoms with E-state index in [1.165, 1.54) is 66.8 Å². The molecule has 0 aliphatic heterocycles. The average Bonchev–Trinajstić information content (AvgIpc) is 4.08. The monoisotopic (exact) mass is 919 g/mol. The fourth-order valence-corrected chi connectivity index (χ4v) is 12.5. The third-order valence-electron chi connectivity index (χ3n) is 15.7. The van der Waals surface area contributed by atoms with Crippen molar-refractivity contribution in [1.82, 2.24) is 9.97 Å². The van der Waals surface area contributed by atoms with E-state index in [0.29, 0.717) is 5.71 Å². The van der Waals surface area contributed by atoms with Crippen LogP contribution in [0.1, 0.15) is 38.5 Å². The maximum Gasteiger partial charge on any atom is 0.227 e. The first kappa shape index (κ1) is 39.9. The predicted octanol–water partition coefficient (Wildman–Crippen LogP) is 19.0. The summed E-state index contributed by atoms with van der Waals surface area (Å²) in [6, 6.07) is 77.7. The second-order valence-corrected chi connectivity index (χ2v) is 19.5. The number of rotatable bonds is 4. The lowest BCUT2D eigenvalue weighted by Crippen LogP contribution is -2.02. The average molecular weight is 920 g/mol. The van der Waals surface area contributed by atoms with Crippen molar-refractivity contribution in [2.45, 2.75) is 31.6 Å². The van der Waals surface area contributed by atoms with Gasteiger partial charge in [-0.2, -0.15) is 0 Å². The number of hydrogen-bond acceptors (Lipinski definition) is 3. The summed E-state index contributed by atoms with van der Waals surface area (Å²) < 4.78 is 16.9. The SMILES string of the molecule is [2H]C1(c2c(-c3ccc4c(c3)-c3ccccc3-c3ccccc3-c3cc(-c5cccc6c5oc5ncccc56)ccc3-4)cccc2-c2ccc3c(c2)-c2ccccc2-c2ccccc2-c2ncccc2-3)CCCC1. The maximum absolute atomic E-state index is 10.5. The van der Waals surface area contributed by atoms with Gasteiger partial charge in [-0.3, -0.25) is 4.98 Å². The molecule has 0 amide bonds. The van der Waals surface area contributed by atoms with Crippen molar-refractivity contribution < 1.29 is 5.79 Å². The van der Waals surface area contributed by atoms with Crippen LogP contribution in [0.3, 0.4) is 0 Å². The number of hydrogen-bond donors (Lipinski definition) is 0. The standard InChI is InChI=1S/C69H46N2O/c1-2-16-42(15-1)66-46(25-11-26-47(66)44-32-36-58-60-29-13-37-70-67(60)59-24-10-9-20-52(59)51-19-5-8-23-55(51)65(58)40-44)43-31-34-56-57-35-33-45(48-27-12-28-61-62-30-14-38-71-69(62)72-68(48)61)41-64(57)54-22-7-4-18-50(54)49-17-3-6-21-53(49)63(56)39-43/h3-14,17-42H,1-2,15-16H2/i42D. The summed E-state index contributed by atoms with van der Waals surface area (Å²) in [5, 5.41) is 2.08. The van der Waals surface area contributed by atoms with Gasteiger partial charge < -0.3 is 4.42 Å². The highest BCUT2D eigenvalue weighted by atomic mass is 16.3. The summed E-state index contributed by atoms with van der Waals surface area (Å²) in [5.74, 6) is -0.757. The highest BCUT2D eigenvalue weighted by Crippen LogP contribution is 2.53. The fraction of sp³-hybridized carbons (Fsp3) is 0.0725. The van der Waals surface area contributed by atoms with E-state index >= 15 is 0 Å². The molecule has 3 heteroatoms. The molecule has 3 aliphatic carbocycles. The molecular weight excluding hydrogens is 873 g/mol. The van der Waals surface area contributed by atoms with Crippen LogP contribution in [0.25, 0.3) is 145 Å². The summed E-state index contributed by atoms with van der Waals surface area (Å²) in [7, 11) is 0. The van der Waals surface area contributed by atoms with Gasteiger partial charge in [-0.25, -0.2) is 4.98 Å². The normalized spacial score (nSPS) is 13.9. The number of furan rings is 1. The smallest absolute Gasteiger partial charge is 0.227 e. The van der Waals surface area contributed by atoms with Gasteiger partial charge >= 0.3 is 0 Å². The van der Waals surface area contributed by atoms with E-state index in [9.17, 15) is 1.37 Å². The van der Waals surface area contributed by atoms with Crippen molar-refractivity contribution in [3.8, 4) is 123 Å². The number of benzene rings is 9. The molecule has 0 bridgehead atoms. The van der Waals surface area contributed by atoms with Gasteiger partial charge in [0.25, 0.3) is 0 Å². The van der Waals surface area contributed by atoms with Crippen molar-refractivity contribution in [3.63, 3.8) is 0 Å². The van der Waals surface area contributed by atoms with Gasteiger partial charge in [-0.1, -0.05) is 189 Å². The first-order chi connectivity index (χ1) is 36.1. The lowest BCUT2D eigenvalue weighted by atomic mass is 9.78. The zero-order valence-corrected chi connectivity index (χ0v) is 39.5. The van der Waals surface area contributed by atoms with E-state index < -0.39 is 5.89 Å². The van der Waals surface area contributed by atoms with Gasteiger partial charge in [-0.05, 0) is 161 Å². The van der Waals surface area contributed by atoms with Crippen LogP contribution in [-0.2, 0) is 0 Å². The second kappa shape index (κ2) is 16.3. The minimum atomic E-state index is -0.757. The Kier molecular flexibility index (Phi) is 9.05. The van der Waals surface area contributed by atoms with Crippen molar-refractivity contribution in [1.29, 1.82) is 0 Å². The molecule has 72 heavy (non-hydrogen) atoms. The number of para-hydroxylation sites is 1. The Balaban J connectivity index is 0.934. The van der Waals surface area contributed by atoms with Crippen LogP contribution in [0.5, 0.6) is 0 Å². The summed E-state index contributed by atoms with van der Waals surface area (Å²) in [4.78, 5) is 9.58. The predicted molar refractivity (Wildman–Crippen MR) is 297 cm³/mol. The van der Waals surface area contributed by atoms with Gasteiger partial charge in [0.1, 0.15) is 5.58 Å². The Morgan fingerprint density at radius 2 is 0.722 bits per heavy atom. The molecule has 1 saturated carbocycles. The van der Waals surface area contributed by atoms with Crippen LogP contribution in [0.4, 0.5) is 0 Å². The Morgan fingerprint density at radius 3 is 1.29 bits per heavy atom. The molecule has 3 aromatic heterocycles. The van der Waals surface area contributed by atoms with Gasteiger partial charge in [0.15, 0.2) is 0 Å². The van der Waals surface area contributed by atoms with Crippen LogP contribution in [0.15, 0.2) is 229 Å². The molecule has 15 rings (SSSR count). The summed E-state index contributed by atoms with van der Waals surface area (Å²) in [6.45, 7) is 0. The minimum Gasteiger partial charge on any atom is -0.437 e. The highest BCUT2D eigenvalue weighted by Gasteiger charge is 2.29. The molecule has 9 aromatic carbocycles. The molecular formula is C69H46N2O. The topological polar surface area (TPSA) is 38.9 Å². The zero-order valence-electron chi connectivity index (χ0n) is 40.5. The molecule has 3 aliphatic rings. The minimum absolute atomic E-state index is 0.649. The molecule has 338 valence electrons. The van der Waals surface area contributed by atoms with E-state index in [1.54, 1.807) is 6.20 Å².